The van der Waals surface area contributed by atoms with Crippen molar-refractivity contribution in [3.8, 4) is 0 Å². The van der Waals surface area contributed by atoms with Gasteiger partial charge in [0.2, 0.25) is 0 Å². The number of rotatable bonds is 2. The van der Waals surface area contributed by atoms with E-state index in [1.54, 1.807) is 0 Å². The lowest BCUT2D eigenvalue weighted by Gasteiger charge is -2.15. The molecule has 0 radical (unpaired) electrons. The van der Waals surface area contributed by atoms with Crippen LogP contribution in [0.4, 0.5) is 5.69 Å². The molecule has 106 valence electrons. The lowest BCUT2D eigenvalue weighted by molar-refractivity contribution is 0.725. The number of anilines is 1. The number of nitrogens with zero attached hydrogens (tertiary/aromatic N) is 4. The number of fused-ring (bicyclic) bond motifs is 1. The quantitative estimate of drug-likeness (QED) is 0.731. The van der Waals surface area contributed by atoms with Gasteiger partial charge in [0, 0.05) is 17.4 Å². The van der Waals surface area contributed by atoms with E-state index in [4.69, 9.17) is 5.73 Å². The second-order valence-corrected chi connectivity index (χ2v) is 5.87. The standard InChI is InChI=1S/C16H17N5/c1-10-9-14-19-20-15(21(14)11(2)18-10)16(7-8-16)12-3-5-13(17)6-4-12/h3-6,9H,7-8,17H2,1-2H3. The summed E-state index contributed by atoms with van der Waals surface area (Å²) in [5.41, 5.74) is 9.65. The Morgan fingerprint density at radius 3 is 2.48 bits per heavy atom. The minimum atomic E-state index is -0.0329. The fourth-order valence-corrected chi connectivity index (χ4v) is 3.11. The molecular weight excluding hydrogens is 262 g/mol. The molecule has 1 saturated carbocycles. The maximum Gasteiger partial charge on any atom is 0.164 e. The summed E-state index contributed by atoms with van der Waals surface area (Å²) in [5.74, 6) is 1.93. The van der Waals surface area contributed by atoms with Gasteiger partial charge in [-0.1, -0.05) is 12.1 Å². The minimum Gasteiger partial charge on any atom is -0.399 e. The largest absolute Gasteiger partial charge is 0.399 e. The third-order valence-corrected chi connectivity index (χ3v) is 4.33. The van der Waals surface area contributed by atoms with Crippen LogP contribution < -0.4 is 5.73 Å². The number of aromatic nitrogens is 4. The first-order valence-electron chi connectivity index (χ1n) is 7.16. The van der Waals surface area contributed by atoms with Crippen LogP contribution in [0.5, 0.6) is 0 Å². The monoisotopic (exact) mass is 279 g/mol. The van der Waals surface area contributed by atoms with E-state index in [2.05, 4.69) is 31.7 Å². The van der Waals surface area contributed by atoms with Crippen molar-refractivity contribution in [3.05, 3.63) is 53.2 Å². The van der Waals surface area contributed by atoms with E-state index in [1.165, 1.54) is 5.56 Å². The smallest absolute Gasteiger partial charge is 0.164 e. The third-order valence-electron chi connectivity index (χ3n) is 4.33. The SMILES string of the molecule is Cc1cc2nnc(C3(c4ccc(N)cc4)CC3)n2c(C)n1. The highest BCUT2D eigenvalue weighted by Crippen LogP contribution is 2.52. The van der Waals surface area contributed by atoms with E-state index in [9.17, 15) is 0 Å². The van der Waals surface area contributed by atoms with E-state index in [0.717, 1.165) is 41.5 Å². The van der Waals surface area contributed by atoms with Crippen LogP contribution >= 0.6 is 0 Å². The van der Waals surface area contributed by atoms with E-state index in [0.29, 0.717) is 0 Å². The molecule has 1 aliphatic carbocycles. The molecule has 5 heteroatoms. The van der Waals surface area contributed by atoms with Gasteiger partial charge in [-0.3, -0.25) is 4.40 Å². The van der Waals surface area contributed by atoms with Crippen LogP contribution in [0.25, 0.3) is 5.65 Å². The van der Waals surface area contributed by atoms with Gasteiger partial charge in [-0.05, 0) is 44.4 Å². The molecule has 0 spiro atoms. The van der Waals surface area contributed by atoms with E-state index >= 15 is 0 Å². The maximum atomic E-state index is 5.80. The van der Waals surface area contributed by atoms with E-state index < -0.39 is 0 Å². The zero-order chi connectivity index (χ0) is 14.6. The van der Waals surface area contributed by atoms with E-state index in [-0.39, 0.29) is 5.41 Å². The van der Waals surface area contributed by atoms with Crippen molar-refractivity contribution in [1.29, 1.82) is 0 Å². The zero-order valence-electron chi connectivity index (χ0n) is 12.2. The summed E-state index contributed by atoms with van der Waals surface area (Å²) in [6, 6.07) is 10.1. The average Bonchev–Trinajstić information content (AvgIpc) is 3.13. The molecule has 0 saturated heterocycles. The first-order valence-corrected chi connectivity index (χ1v) is 7.16. The molecule has 2 N–H and O–H groups in total. The van der Waals surface area contributed by atoms with Crippen LogP contribution in [0.15, 0.2) is 30.3 Å². The van der Waals surface area contributed by atoms with Gasteiger partial charge in [0.1, 0.15) is 11.6 Å². The Kier molecular flexibility index (Phi) is 2.37. The summed E-state index contributed by atoms with van der Waals surface area (Å²) in [6.07, 6.45) is 2.18. The summed E-state index contributed by atoms with van der Waals surface area (Å²) >= 11 is 0. The molecule has 2 aromatic heterocycles. The van der Waals surface area contributed by atoms with Crippen LogP contribution in [-0.4, -0.2) is 19.6 Å². The van der Waals surface area contributed by atoms with Gasteiger partial charge >= 0.3 is 0 Å². The third kappa shape index (κ3) is 1.73. The van der Waals surface area contributed by atoms with E-state index in [1.807, 2.05) is 32.0 Å². The van der Waals surface area contributed by atoms with Crippen molar-refractivity contribution in [2.75, 3.05) is 5.73 Å². The molecule has 0 bridgehead atoms. The summed E-state index contributed by atoms with van der Waals surface area (Å²) in [4.78, 5) is 4.55. The maximum absolute atomic E-state index is 5.80. The van der Waals surface area contributed by atoms with Gasteiger partial charge in [-0.15, -0.1) is 10.2 Å². The lowest BCUT2D eigenvalue weighted by atomic mass is 9.95. The summed E-state index contributed by atoms with van der Waals surface area (Å²) in [7, 11) is 0. The second kappa shape index (κ2) is 4.04. The number of benzene rings is 1. The molecule has 1 fully saturated rings. The first kappa shape index (κ1) is 12.3. The van der Waals surface area contributed by atoms with Gasteiger partial charge in [-0.2, -0.15) is 0 Å². The Morgan fingerprint density at radius 2 is 1.81 bits per heavy atom. The van der Waals surface area contributed by atoms with Crippen molar-refractivity contribution in [3.63, 3.8) is 0 Å². The minimum absolute atomic E-state index is 0.0329. The summed E-state index contributed by atoms with van der Waals surface area (Å²) in [6.45, 7) is 3.99. The van der Waals surface area contributed by atoms with Crippen LogP contribution in [0.3, 0.4) is 0 Å². The van der Waals surface area contributed by atoms with Crippen molar-refractivity contribution < 1.29 is 0 Å². The first-order chi connectivity index (χ1) is 10.1. The molecule has 1 aliphatic rings. The van der Waals surface area contributed by atoms with Crippen molar-refractivity contribution in [2.24, 2.45) is 0 Å². The molecule has 3 aromatic rings. The van der Waals surface area contributed by atoms with Crippen molar-refractivity contribution in [1.82, 2.24) is 19.6 Å². The zero-order valence-corrected chi connectivity index (χ0v) is 12.2. The molecule has 0 atom stereocenters. The van der Waals surface area contributed by atoms with Gasteiger partial charge in [0.25, 0.3) is 0 Å². The molecule has 1 aromatic carbocycles. The number of hydrogen-bond acceptors (Lipinski definition) is 4. The lowest BCUT2D eigenvalue weighted by Crippen LogP contribution is -2.15. The number of nitrogen functional groups attached to an aromatic ring is 1. The predicted molar refractivity (Wildman–Crippen MR) is 81.1 cm³/mol. The Bertz CT molecular complexity index is 828. The molecule has 0 aliphatic heterocycles. The summed E-state index contributed by atoms with van der Waals surface area (Å²) in [5, 5.41) is 8.81. The topological polar surface area (TPSA) is 69.1 Å². The Balaban J connectivity index is 1.92. The average molecular weight is 279 g/mol. The van der Waals surface area contributed by atoms with Crippen molar-refractivity contribution >= 4 is 11.3 Å². The van der Waals surface area contributed by atoms with Crippen molar-refractivity contribution in [2.45, 2.75) is 32.1 Å². The molecule has 21 heavy (non-hydrogen) atoms. The number of aryl methyl sites for hydroxylation is 2. The number of nitrogens with two attached hydrogens (primary N) is 1. The van der Waals surface area contributed by atoms with Gasteiger partial charge in [-0.25, -0.2) is 4.98 Å². The Hall–Kier alpha value is -2.43. The van der Waals surface area contributed by atoms with Gasteiger partial charge in [0.05, 0.1) is 5.41 Å². The fourth-order valence-electron chi connectivity index (χ4n) is 3.11. The molecule has 4 rings (SSSR count). The Morgan fingerprint density at radius 1 is 1.10 bits per heavy atom. The van der Waals surface area contributed by atoms with Gasteiger partial charge < -0.3 is 5.73 Å². The molecule has 2 heterocycles. The fraction of sp³-hybridized carbons (Fsp3) is 0.312. The van der Waals surface area contributed by atoms with Crippen LogP contribution in [0.2, 0.25) is 0 Å². The van der Waals surface area contributed by atoms with Crippen LogP contribution in [0.1, 0.15) is 35.7 Å². The van der Waals surface area contributed by atoms with Gasteiger partial charge in [0.15, 0.2) is 5.65 Å². The highest BCUT2D eigenvalue weighted by atomic mass is 15.3. The number of hydrogen-bond donors (Lipinski definition) is 1. The normalized spacial score (nSPS) is 16.3. The molecule has 0 amide bonds. The molecule has 0 unspecified atom stereocenters. The highest BCUT2D eigenvalue weighted by Gasteiger charge is 2.49. The van der Waals surface area contributed by atoms with Crippen LogP contribution in [0, 0.1) is 13.8 Å². The van der Waals surface area contributed by atoms with Crippen LogP contribution in [-0.2, 0) is 5.41 Å². The summed E-state index contributed by atoms with van der Waals surface area (Å²) < 4.78 is 2.08. The predicted octanol–water partition coefficient (Wildman–Crippen LogP) is 2.40. The second-order valence-electron chi connectivity index (χ2n) is 5.87. The molecule has 5 nitrogen and oxygen atoms in total. The Labute approximate surface area is 122 Å². The molecular formula is C16H17N5. The highest BCUT2D eigenvalue weighted by molar-refractivity contribution is 5.49.